The van der Waals surface area contributed by atoms with Gasteiger partial charge < -0.3 is 14.9 Å². The molecule has 0 aromatic carbocycles. The number of carbonyl (C=O) groups is 2. The topological polar surface area (TPSA) is 87.1 Å². The summed E-state index contributed by atoms with van der Waals surface area (Å²) in [5.74, 6) is -2.14. The molecule has 19 heavy (non-hydrogen) atoms. The molecule has 1 saturated heterocycles. The highest BCUT2D eigenvalue weighted by molar-refractivity contribution is 5.82. The lowest BCUT2D eigenvalue weighted by Gasteiger charge is -2.35. The van der Waals surface area contributed by atoms with Gasteiger partial charge in [-0.05, 0) is 27.2 Å². The molecule has 2 fully saturated rings. The summed E-state index contributed by atoms with van der Waals surface area (Å²) in [6, 6.07) is -2.39. The fourth-order valence-corrected chi connectivity index (χ4v) is 2.90. The van der Waals surface area contributed by atoms with Crippen LogP contribution in [0, 0.1) is 5.92 Å². The number of ether oxygens (including phenoxy) is 1. The predicted octanol–water partition coefficient (Wildman–Crippen LogP) is 0.778. The van der Waals surface area contributed by atoms with Gasteiger partial charge in [0.25, 0.3) is 0 Å². The first kappa shape index (κ1) is 14.0. The van der Waals surface area contributed by atoms with E-state index < -0.39 is 47.9 Å². The minimum absolute atomic E-state index is 0.0576. The standard InChI is InChI=1S/C12H18FNO5/c1-12(2,3)19-11(18)14-8(10(16)17)5-4-6(15)9(14)7(5)13/h5-9,15H,4H2,1-3H3,(H,16,17)/t5?,6-,7-,8?,9?/m1/s1. The average Bonchev–Trinajstić information content (AvgIpc) is 2.65. The van der Waals surface area contributed by atoms with Gasteiger partial charge in [-0.25, -0.2) is 14.0 Å². The highest BCUT2D eigenvalue weighted by Gasteiger charge is 2.63. The Morgan fingerprint density at radius 1 is 1.37 bits per heavy atom. The first-order valence-corrected chi connectivity index (χ1v) is 6.20. The third-order valence-electron chi connectivity index (χ3n) is 3.53. The second kappa shape index (κ2) is 4.33. The third kappa shape index (κ3) is 2.27. The van der Waals surface area contributed by atoms with Crippen molar-refractivity contribution in [3.8, 4) is 0 Å². The molecule has 1 amide bonds. The second-order valence-corrected chi connectivity index (χ2v) is 6.07. The van der Waals surface area contributed by atoms with Crippen LogP contribution >= 0.6 is 0 Å². The van der Waals surface area contributed by atoms with Crippen LogP contribution in [0.1, 0.15) is 27.2 Å². The molecule has 1 saturated carbocycles. The van der Waals surface area contributed by atoms with Crippen LogP contribution in [0.3, 0.4) is 0 Å². The molecule has 0 spiro atoms. The van der Waals surface area contributed by atoms with Crippen molar-refractivity contribution in [1.29, 1.82) is 0 Å². The molecule has 2 bridgehead atoms. The van der Waals surface area contributed by atoms with Crippen molar-refractivity contribution in [1.82, 2.24) is 4.90 Å². The lowest BCUT2D eigenvalue weighted by Crippen LogP contribution is -2.55. The number of aliphatic carboxylic acids is 1. The number of halogens is 1. The summed E-state index contributed by atoms with van der Waals surface area (Å²) in [7, 11) is 0. The minimum Gasteiger partial charge on any atom is -0.480 e. The molecule has 1 aliphatic carbocycles. The van der Waals surface area contributed by atoms with E-state index >= 15 is 0 Å². The Bertz CT molecular complexity index is 407. The third-order valence-corrected chi connectivity index (χ3v) is 3.53. The zero-order chi connectivity index (χ0) is 14.5. The first-order valence-electron chi connectivity index (χ1n) is 6.20. The number of carboxylic acid groups (broad SMARTS) is 1. The summed E-state index contributed by atoms with van der Waals surface area (Å²) in [6.45, 7) is 4.91. The molecule has 2 rings (SSSR count). The lowest BCUT2D eigenvalue weighted by molar-refractivity contribution is -0.146. The van der Waals surface area contributed by atoms with Crippen LogP contribution in [0.4, 0.5) is 9.18 Å². The number of carboxylic acids is 1. The van der Waals surface area contributed by atoms with Crippen molar-refractivity contribution in [2.75, 3.05) is 0 Å². The molecule has 1 aliphatic heterocycles. The summed E-state index contributed by atoms with van der Waals surface area (Å²) in [5, 5.41) is 18.9. The Balaban J connectivity index is 2.26. The molecule has 2 N–H and O–H groups in total. The molecule has 0 aromatic rings. The Labute approximate surface area is 110 Å². The number of rotatable bonds is 1. The van der Waals surface area contributed by atoms with E-state index in [1.807, 2.05) is 0 Å². The summed E-state index contributed by atoms with van der Waals surface area (Å²) in [4.78, 5) is 24.1. The Hall–Kier alpha value is -1.37. The fourth-order valence-electron chi connectivity index (χ4n) is 2.90. The monoisotopic (exact) mass is 275 g/mol. The largest absolute Gasteiger partial charge is 0.480 e. The quantitative estimate of drug-likeness (QED) is 0.738. The Kier molecular flexibility index (Phi) is 3.20. The number of likely N-dealkylation sites (tertiary alicyclic amines) is 1. The number of alkyl halides is 1. The number of aliphatic hydroxyl groups excluding tert-OH is 1. The molecule has 2 aliphatic rings. The van der Waals surface area contributed by atoms with E-state index in [-0.39, 0.29) is 6.42 Å². The highest BCUT2D eigenvalue weighted by Crippen LogP contribution is 2.45. The number of amides is 1. The maximum atomic E-state index is 14.0. The van der Waals surface area contributed by atoms with Gasteiger partial charge in [0.05, 0.1) is 12.1 Å². The first-order chi connectivity index (χ1) is 8.63. The van der Waals surface area contributed by atoms with E-state index in [9.17, 15) is 19.1 Å². The van der Waals surface area contributed by atoms with Gasteiger partial charge in [0, 0.05) is 5.92 Å². The summed E-state index contributed by atoms with van der Waals surface area (Å²) in [6.07, 6.45) is -3.40. The Morgan fingerprint density at radius 2 is 1.95 bits per heavy atom. The zero-order valence-electron chi connectivity index (χ0n) is 11.0. The predicted molar refractivity (Wildman–Crippen MR) is 62.3 cm³/mol. The van der Waals surface area contributed by atoms with E-state index in [2.05, 4.69) is 0 Å². The van der Waals surface area contributed by atoms with Crippen molar-refractivity contribution < 1.29 is 28.9 Å². The number of fused-ring (bicyclic) bond motifs is 2. The van der Waals surface area contributed by atoms with Gasteiger partial charge in [0.1, 0.15) is 17.8 Å². The fraction of sp³-hybridized carbons (Fsp3) is 0.833. The molecule has 0 radical (unpaired) electrons. The van der Waals surface area contributed by atoms with Crippen molar-refractivity contribution in [2.45, 2.75) is 57.2 Å². The molecular formula is C12H18FNO5. The molecule has 5 atom stereocenters. The molecule has 1 heterocycles. The number of hydrogen-bond donors (Lipinski definition) is 2. The van der Waals surface area contributed by atoms with Crippen molar-refractivity contribution >= 4 is 12.1 Å². The summed E-state index contributed by atoms with van der Waals surface area (Å²) < 4.78 is 19.1. The van der Waals surface area contributed by atoms with Crippen molar-refractivity contribution in [3.63, 3.8) is 0 Å². The summed E-state index contributed by atoms with van der Waals surface area (Å²) in [5.41, 5.74) is -0.807. The number of piperidine rings is 1. The normalized spacial score (nSPS) is 37.5. The molecule has 3 unspecified atom stereocenters. The molecular weight excluding hydrogens is 257 g/mol. The van der Waals surface area contributed by atoms with Gasteiger partial charge in [-0.2, -0.15) is 0 Å². The van der Waals surface area contributed by atoms with Gasteiger partial charge in [-0.15, -0.1) is 0 Å². The van der Waals surface area contributed by atoms with Crippen LogP contribution in [0.15, 0.2) is 0 Å². The lowest BCUT2D eigenvalue weighted by atomic mass is 9.97. The number of carbonyl (C=O) groups excluding carboxylic acids is 1. The smallest absolute Gasteiger partial charge is 0.411 e. The van der Waals surface area contributed by atoms with Crippen LogP contribution in [0.2, 0.25) is 0 Å². The summed E-state index contributed by atoms with van der Waals surface area (Å²) >= 11 is 0. The van der Waals surface area contributed by atoms with Crippen LogP contribution in [0.25, 0.3) is 0 Å². The van der Waals surface area contributed by atoms with Gasteiger partial charge >= 0.3 is 12.1 Å². The molecule has 6 nitrogen and oxygen atoms in total. The minimum atomic E-state index is -1.52. The van der Waals surface area contributed by atoms with Gasteiger partial charge in [-0.3, -0.25) is 4.90 Å². The molecule has 7 heteroatoms. The zero-order valence-corrected chi connectivity index (χ0v) is 11.0. The molecule has 108 valence electrons. The van der Waals surface area contributed by atoms with E-state index in [0.29, 0.717) is 0 Å². The second-order valence-electron chi connectivity index (χ2n) is 6.07. The van der Waals surface area contributed by atoms with Crippen LogP contribution in [0.5, 0.6) is 0 Å². The number of aliphatic hydroxyl groups is 1. The average molecular weight is 275 g/mol. The van der Waals surface area contributed by atoms with Crippen molar-refractivity contribution in [3.05, 3.63) is 0 Å². The number of nitrogens with zero attached hydrogens (tertiary/aromatic N) is 1. The van der Waals surface area contributed by atoms with E-state index in [1.54, 1.807) is 20.8 Å². The van der Waals surface area contributed by atoms with Crippen LogP contribution in [-0.2, 0) is 9.53 Å². The van der Waals surface area contributed by atoms with Crippen LogP contribution < -0.4 is 0 Å². The van der Waals surface area contributed by atoms with E-state index in [1.165, 1.54) is 0 Å². The van der Waals surface area contributed by atoms with Crippen molar-refractivity contribution in [2.24, 2.45) is 5.92 Å². The maximum Gasteiger partial charge on any atom is 0.411 e. The van der Waals surface area contributed by atoms with E-state index in [4.69, 9.17) is 9.84 Å². The molecule has 0 aromatic heterocycles. The maximum absolute atomic E-state index is 14.0. The number of hydrogen-bond acceptors (Lipinski definition) is 4. The van der Waals surface area contributed by atoms with E-state index in [0.717, 1.165) is 4.90 Å². The van der Waals surface area contributed by atoms with Gasteiger partial charge in [0.15, 0.2) is 0 Å². The Morgan fingerprint density at radius 3 is 2.42 bits per heavy atom. The van der Waals surface area contributed by atoms with Gasteiger partial charge in [-0.1, -0.05) is 0 Å². The highest BCUT2D eigenvalue weighted by atomic mass is 19.1. The van der Waals surface area contributed by atoms with Crippen LogP contribution in [-0.4, -0.2) is 57.1 Å². The SMILES string of the molecule is CC(C)(C)OC(=O)N1C(C(=O)O)C2C[C@@H](O)C1[C@@H]2F. The van der Waals surface area contributed by atoms with Gasteiger partial charge in [0.2, 0.25) is 0 Å².